The molecule has 6 nitrogen and oxygen atoms in total. The average Bonchev–Trinajstić information content (AvgIpc) is 3.17. The van der Waals surface area contributed by atoms with Crippen molar-refractivity contribution in [2.45, 2.75) is 25.6 Å². The van der Waals surface area contributed by atoms with E-state index in [1.165, 1.54) is 11.1 Å². The van der Waals surface area contributed by atoms with Crippen molar-refractivity contribution in [2.75, 3.05) is 39.3 Å². The van der Waals surface area contributed by atoms with Crippen molar-refractivity contribution in [3.8, 4) is 0 Å². The third-order valence-corrected chi connectivity index (χ3v) is 5.64. The van der Waals surface area contributed by atoms with Crippen molar-refractivity contribution < 1.29 is 4.79 Å². The third kappa shape index (κ3) is 5.09. The summed E-state index contributed by atoms with van der Waals surface area (Å²) in [6, 6.07) is 15.0. The summed E-state index contributed by atoms with van der Waals surface area (Å²) in [7, 11) is 0. The summed E-state index contributed by atoms with van der Waals surface area (Å²) < 4.78 is 0. The number of piperazine rings is 1. The molecule has 2 aliphatic heterocycles. The summed E-state index contributed by atoms with van der Waals surface area (Å²) in [5, 5.41) is 3.25. The van der Waals surface area contributed by atoms with Gasteiger partial charge in [0.1, 0.15) is 0 Å². The molecule has 1 aromatic carbocycles. The van der Waals surface area contributed by atoms with E-state index in [4.69, 9.17) is 0 Å². The number of aromatic nitrogens is 1. The lowest BCUT2D eigenvalue weighted by atomic mass is 10.2. The largest absolute Gasteiger partial charge is 0.334 e. The van der Waals surface area contributed by atoms with Crippen LogP contribution in [0, 0.1) is 0 Å². The molecule has 2 saturated heterocycles. The number of carbonyl (C=O) groups is 1. The van der Waals surface area contributed by atoms with Crippen LogP contribution in [0.2, 0.25) is 0 Å². The van der Waals surface area contributed by atoms with E-state index in [0.29, 0.717) is 0 Å². The quantitative estimate of drug-likeness (QED) is 0.865. The molecule has 1 atom stereocenters. The van der Waals surface area contributed by atoms with Crippen molar-refractivity contribution in [3.63, 3.8) is 0 Å². The summed E-state index contributed by atoms with van der Waals surface area (Å²) in [5.41, 5.74) is 2.56. The Morgan fingerprint density at radius 3 is 2.43 bits per heavy atom. The first-order valence-electron chi connectivity index (χ1n) is 10.2. The summed E-state index contributed by atoms with van der Waals surface area (Å²) >= 11 is 0. The van der Waals surface area contributed by atoms with Gasteiger partial charge < -0.3 is 10.2 Å². The van der Waals surface area contributed by atoms with E-state index in [-0.39, 0.29) is 12.1 Å². The zero-order valence-electron chi connectivity index (χ0n) is 16.3. The van der Waals surface area contributed by atoms with Crippen molar-refractivity contribution in [2.24, 2.45) is 0 Å². The number of likely N-dealkylation sites (tertiary alicyclic amines) is 1. The second kappa shape index (κ2) is 9.17. The van der Waals surface area contributed by atoms with Crippen LogP contribution in [-0.2, 0) is 13.1 Å². The standard InChI is InChI=1S/C22H29N5O/c28-22(24-21-8-10-26(18-21)16-19-5-2-1-3-6-19)27-13-11-25(12-14-27)17-20-7-4-9-23-15-20/h1-7,9,15,21H,8,10-14,16-18H2,(H,24,28)/t21-/m0/s1. The molecule has 148 valence electrons. The Morgan fingerprint density at radius 1 is 0.929 bits per heavy atom. The summed E-state index contributed by atoms with van der Waals surface area (Å²) in [5.74, 6) is 0. The van der Waals surface area contributed by atoms with Gasteiger partial charge in [-0.25, -0.2) is 4.79 Å². The molecule has 1 N–H and O–H groups in total. The smallest absolute Gasteiger partial charge is 0.317 e. The number of nitrogens with zero attached hydrogens (tertiary/aromatic N) is 4. The van der Waals surface area contributed by atoms with Crippen LogP contribution in [0.5, 0.6) is 0 Å². The Morgan fingerprint density at radius 2 is 1.68 bits per heavy atom. The van der Waals surface area contributed by atoms with Gasteiger partial charge in [-0.3, -0.25) is 14.8 Å². The molecule has 6 heteroatoms. The molecule has 2 fully saturated rings. The van der Waals surface area contributed by atoms with E-state index in [9.17, 15) is 4.79 Å². The Kier molecular flexibility index (Phi) is 6.19. The molecule has 0 radical (unpaired) electrons. The number of hydrogen-bond acceptors (Lipinski definition) is 4. The molecule has 3 heterocycles. The van der Waals surface area contributed by atoms with Crippen molar-refractivity contribution in [3.05, 3.63) is 66.0 Å². The van der Waals surface area contributed by atoms with Gasteiger partial charge >= 0.3 is 6.03 Å². The number of hydrogen-bond donors (Lipinski definition) is 1. The van der Waals surface area contributed by atoms with Gasteiger partial charge in [0.05, 0.1) is 0 Å². The van der Waals surface area contributed by atoms with Gasteiger partial charge in [-0.1, -0.05) is 36.4 Å². The molecule has 2 amide bonds. The number of benzene rings is 1. The van der Waals surface area contributed by atoms with Crippen LogP contribution in [0.15, 0.2) is 54.9 Å². The lowest BCUT2D eigenvalue weighted by Crippen LogP contribution is -2.53. The maximum atomic E-state index is 12.7. The minimum Gasteiger partial charge on any atom is -0.334 e. The van der Waals surface area contributed by atoms with Gasteiger partial charge in [0.25, 0.3) is 0 Å². The number of rotatable bonds is 5. The zero-order valence-corrected chi connectivity index (χ0v) is 16.3. The highest BCUT2D eigenvalue weighted by Crippen LogP contribution is 2.14. The van der Waals surface area contributed by atoms with E-state index in [0.717, 1.165) is 58.8 Å². The molecular weight excluding hydrogens is 350 g/mol. The minimum absolute atomic E-state index is 0.0904. The second-order valence-electron chi connectivity index (χ2n) is 7.78. The van der Waals surface area contributed by atoms with Crippen molar-refractivity contribution >= 4 is 6.03 Å². The molecule has 1 aromatic heterocycles. The Labute approximate surface area is 167 Å². The second-order valence-corrected chi connectivity index (χ2v) is 7.78. The molecule has 0 spiro atoms. The fraction of sp³-hybridized carbons (Fsp3) is 0.455. The van der Waals surface area contributed by atoms with Gasteiger partial charge in [0, 0.05) is 70.8 Å². The minimum atomic E-state index is 0.0904. The number of urea groups is 1. The molecule has 0 saturated carbocycles. The first-order chi connectivity index (χ1) is 13.8. The number of amides is 2. The Bertz CT molecular complexity index is 746. The van der Waals surface area contributed by atoms with Crippen LogP contribution in [0.25, 0.3) is 0 Å². The zero-order chi connectivity index (χ0) is 19.2. The highest BCUT2D eigenvalue weighted by molar-refractivity contribution is 5.74. The van der Waals surface area contributed by atoms with E-state index < -0.39 is 0 Å². The normalized spacial score (nSPS) is 21.0. The SMILES string of the molecule is O=C(N[C@H]1CCN(Cc2ccccc2)C1)N1CCN(Cc2cccnc2)CC1. The predicted molar refractivity (Wildman–Crippen MR) is 110 cm³/mol. The molecule has 0 aliphatic carbocycles. The molecule has 0 unspecified atom stereocenters. The third-order valence-electron chi connectivity index (χ3n) is 5.64. The first kappa shape index (κ1) is 18.9. The summed E-state index contributed by atoms with van der Waals surface area (Å²) in [4.78, 5) is 23.6. The molecule has 0 bridgehead atoms. The van der Waals surface area contributed by atoms with Crippen LogP contribution in [0.4, 0.5) is 4.79 Å². The molecule has 2 aromatic rings. The number of nitrogens with one attached hydrogen (secondary N) is 1. The van der Waals surface area contributed by atoms with Crippen LogP contribution >= 0.6 is 0 Å². The van der Waals surface area contributed by atoms with Crippen LogP contribution in [0.3, 0.4) is 0 Å². The fourth-order valence-electron chi connectivity index (χ4n) is 4.06. The highest BCUT2D eigenvalue weighted by atomic mass is 16.2. The maximum absolute atomic E-state index is 12.7. The number of pyridine rings is 1. The predicted octanol–water partition coefficient (Wildman–Crippen LogP) is 2.18. The van der Waals surface area contributed by atoms with Gasteiger partial charge in [0.15, 0.2) is 0 Å². The molecule has 28 heavy (non-hydrogen) atoms. The summed E-state index contributed by atoms with van der Waals surface area (Å²) in [6.45, 7) is 7.22. The monoisotopic (exact) mass is 379 g/mol. The van der Waals surface area contributed by atoms with Crippen molar-refractivity contribution in [1.82, 2.24) is 25.0 Å². The fourth-order valence-corrected chi connectivity index (χ4v) is 4.06. The highest BCUT2D eigenvalue weighted by Gasteiger charge is 2.27. The van der Waals surface area contributed by atoms with Crippen molar-refractivity contribution in [1.29, 1.82) is 0 Å². The number of carbonyl (C=O) groups excluding carboxylic acids is 1. The summed E-state index contributed by atoms with van der Waals surface area (Å²) in [6.07, 6.45) is 4.75. The lowest BCUT2D eigenvalue weighted by Gasteiger charge is -2.35. The van der Waals surface area contributed by atoms with Gasteiger partial charge in [0.2, 0.25) is 0 Å². The topological polar surface area (TPSA) is 51.7 Å². The van der Waals surface area contributed by atoms with E-state index in [1.807, 2.05) is 23.2 Å². The maximum Gasteiger partial charge on any atom is 0.317 e. The average molecular weight is 380 g/mol. The van der Waals surface area contributed by atoms with Gasteiger partial charge in [-0.2, -0.15) is 0 Å². The lowest BCUT2D eigenvalue weighted by molar-refractivity contribution is 0.133. The molecular formula is C22H29N5O. The van der Waals surface area contributed by atoms with E-state index in [1.54, 1.807) is 6.20 Å². The van der Waals surface area contributed by atoms with E-state index >= 15 is 0 Å². The van der Waals surface area contributed by atoms with E-state index in [2.05, 4.69) is 50.4 Å². The van der Waals surface area contributed by atoms with Crippen LogP contribution < -0.4 is 5.32 Å². The molecule has 4 rings (SSSR count). The van der Waals surface area contributed by atoms with Crippen LogP contribution in [0.1, 0.15) is 17.5 Å². The van der Waals surface area contributed by atoms with Gasteiger partial charge in [-0.15, -0.1) is 0 Å². The Hall–Kier alpha value is -2.44. The van der Waals surface area contributed by atoms with Crippen LogP contribution in [-0.4, -0.2) is 71.0 Å². The Balaban J connectivity index is 1.19. The molecule has 2 aliphatic rings. The first-order valence-corrected chi connectivity index (χ1v) is 10.2. The van der Waals surface area contributed by atoms with Gasteiger partial charge in [-0.05, 0) is 23.6 Å².